The molecule has 1 aromatic heterocycles. The first-order chi connectivity index (χ1) is 16.6. The van der Waals surface area contributed by atoms with Crippen LogP contribution < -0.4 is 4.74 Å². The second kappa shape index (κ2) is 9.76. The minimum absolute atomic E-state index is 0.0869. The Hall–Kier alpha value is -3.53. The maximum atomic E-state index is 13.0. The third-order valence-corrected chi connectivity index (χ3v) is 6.72. The standard InChI is InChI=1S/C30H31NO3/c1-3-33-28-19-29-26(18-25(28)21(2)16-30(32)31-14-8-4-5-9-15-31)27(20-34-29)24-13-12-22-10-6-7-11-23(22)17-24/h6-7,10-13,16-20H,3-5,8-9,14-15H2,1-2H3/b21-16+. The van der Waals surface area contributed by atoms with Crippen molar-refractivity contribution in [2.75, 3.05) is 19.7 Å². The number of likely N-dealkylation sites (tertiary alicyclic amines) is 1. The van der Waals surface area contributed by atoms with E-state index in [-0.39, 0.29) is 5.91 Å². The number of ether oxygens (including phenoxy) is 1. The fourth-order valence-corrected chi connectivity index (χ4v) is 4.86. The first kappa shape index (κ1) is 22.3. The van der Waals surface area contributed by atoms with Gasteiger partial charge in [-0.15, -0.1) is 0 Å². The van der Waals surface area contributed by atoms with Gasteiger partial charge < -0.3 is 14.1 Å². The Balaban J connectivity index is 1.56. The van der Waals surface area contributed by atoms with E-state index in [9.17, 15) is 4.79 Å². The molecule has 0 bridgehead atoms. The fraction of sp³-hybridized carbons (Fsp3) is 0.300. The summed E-state index contributed by atoms with van der Waals surface area (Å²) < 4.78 is 11.9. The molecule has 4 heteroatoms. The van der Waals surface area contributed by atoms with Crippen LogP contribution in [-0.4, -0.2) is 30.5 Å². The number of hydrogen-bond donors (Lipinski definition) is 0. The molecule has 0 radical (unpaired) electrons. The van der Waals surface area contributed by atoms with E-state index in [1.807, 2.05) is 31.1 Å². The molecule has 34 heavy (non-hydrogen) atoms. The van der Waals surface area contributed by atoms with Gasteiger partial charge in [0.15, 0.2) is 0 Å². The second-order valence-electron chi connectivity index (χ2n) is 9.06. The zero-order valence-electron chi connectivity index (χ0n) is 20.0. The van der Waals surface area contributed by atoms with Gasteiger partial charge in [0.1, 0.15) is 11.3 Å². The van der Waals surface area contributed by atoms with E-state index >= 15 is 0 Å². The predicted octanol–water partition coefficient (Wildman–Crippen LogP) is 7.46. The summed E-state index contributed by atoms with van der Waals surface area (Å²) >= 11 is 0. The molecule has 0 saturated carbocycles. The minimum atomic E-state index is 0.0869. The van der Waals surface area contributed by atoms with Crippen LogP contribution in [0.2, 0.25) is 0 Å². The molecule has 1 fully saturated rings. The van der Waals surface area contributed by atoms with Crippen LogP contribution in [0.3, 0.4) is 0 Å². The normalized spacial score (nSPS) is 15.0. The molecule has 2 heterocycles. The molecular formula is C30H31NO3. The molecule has 4 aromatic rings. The highest BCUT2D eigenvalue weighted by Crippen LogP contribution is 2.38. The lowest BCUT2D eigenvalue weighted by atomic mass is 9.97. The van der Waals surface area contributed by atoms with Crippen LogP contribution >= 0.6 is 0 Å². The zero-order chi connectivity index (χ0) is 23.5. The van der Waals surface area contributed by atoms with E-state index in [1.54, 1.807) is 6.08 Å². The number of hydrogen-bond acceptors (Lipinski definition) is 3. The number of nitrogens with zero attached hydrogens (tertiary/aromatic N) is 1. The number of furan rings is 1. The van der Waals surface area contributed by atoms with Crippen molar-refractivity contribution in [2.45, 2.75) is 39.5 Å². The monoisotopic (exact) mass is 453 g/mol. The van der Waals surface area contributed by atoms with Crippen LogP contribution in [0.4, 0.5) is 0 Å². The van der Waals surface area contributed by atoms with Gasteiger partial charge >= 0.3 is 0 Å². The SMILES string of the molecule is CCOc1cc2occ(-c3ccc4ccccc4c3)c2cc1/C(C)=C/C(=O)N1CCCCCC1. The largest absolute Gasteiger partial charge is 0.493 e. The van der Waals surface area contributed by atoms with Gasteiger partial charge in [-0.3, -0.25) is 4.79 Å². The quantitative estimate of drug-likeness (QED) is 0.295. The van der Waals surface area contributed by atoms with E-state index in [1.165, 1.54) is 23.6 Å². The van der Waals surface area contributed by atoms with Crippen molar-refractivity contribution in [3.63, 3.8) is 0 Å². The minimum Gasteiger partial charge on any atom is -0.493 e. The number of fused-ring (bicyclic) bond motifs is 2. The van der Waals surface area contributed by atoms with Gasteiger partial charge in [-0.05, 0) is 60.7 Å². The van der Waals surface area contributed by atoms with Gasteiger partial charge in [0, 0.05) is 41.7 Å². The topological polar surface area (TPSA) is 42.7 Å². The Morgan fingerprint density at radius 1 is 1.00 bits per heavy atom. The first-order valence-electron chi connectivity index (χ1n) is 12.3. The lowest BCUT2D eigenvalue weighted by molar-refractivity contribution is -0.125. The maximum Gasteiger partial charge on any atom is 0.246 e. The van der Waals surface area contributed by atoms with E-state index in [0.717, 1.165) is 64.9 Å². The number of benzene rings is 3. The van der Waals surface area contributed by atoms with Gasteiger partial charge in [-0.1, -0.05) is 49.2 Å². The molecule has 1 aliphatic heterocycles. The summed E-state index contributed by atoms with van der Waals surface area (Å²) in [6.07, 6.45) is 8.16. The van der Waals surface area contributed by atoms with E-state index in [2.05, 4.69) is 48.5 Å². The van der Waals surface area contributed by atoms with Crippen molar-refractivity contribution in [3.05, 3.63) is 72.5 Å². The molecule has 174 valence electrons. The summed E-state index contributed by atoms with van der Waals surface area (Å²) in [4.78, 5) is 15.0. The van der Waals surface area contributed by atoms with Gasteiger partial charge in [-0.25, -0.2) is 0 Å². The number of carbonyl (C=O) groups excluding carboxylic acids is 1. The molecule has 0 atom stereocenters. The third-order valence-electron chi connectivity index (χ3n) is 6.72. The summed E-state index contributed by atoms with van der Waals surface area (Å²) in [7, 11) is 0. The van der Waals surface area contributed by atoms with Crippen molar-refractivity contribution in [2.24, 2.45) is 0 Å². The number of rotatable bonds is 5. The van der Waals surface area contributed by atoms with Crippen molar-refractivity contribution in [3.8, 4) is 16.9 Å². The van der Waals surface area contributed by atoms with Crippen molar-refractivity contribution in [1.29, 1.82) is 0 Å². The molecule has 4 nitrogen and oxygen atoms in total. The Morgan fingerprint density at radius 3 is 2.53 bits per heavy atom. The van der Waals surface area contributed by atoms with Crippen LogP contribution in [0, 0.1) is 0 Å². The van der Waals surface area contributed by atoms with Gasteiger partial charge in [0.2, 0.25) is 5.91 Å². The van der Waals surface area contributed by atoms with Crippen molar-refractivity contribution in [1.82, 2.24) is 4.90 Å². The van der Waals surface area contributed by atoms with E-state index < -0.39 is 0 Å². The van der Waals surface area contributed by atoms with Gasteiger partial charge in [-0.2, -0.15) is 0 Å². The highest BCUT2D eigenvalue weighted by molar-refractivity contribution is 6.01. The molecule has 1 aliphatic rings. The molecule has 3 aromatic carbocycles. The molecule has 0 N–H and O–H groups in total. The Morgan fingerprint density at radius 2 is 1.76 bits per heavy atom. The summed E-state index contributed by atoms with van der Waals surface area (Å²) in [6.45, 7) is 6.19. The average molecular weight is 454 g/mol. The molecule has 1 amide bonds. The van der Waals surface area contributed by atoms with E-state index in [4.69, 9.17) is 9.15 Å². The van der Waals surface area contributed by atoms with Crippen LogP contribution in [-0.2, 0) is 4.79 Å². The molecule has 5 rings (SSSR count). The number of allylic oxidation sites excluding steroid dienone is 1. The summed E-state index contributed by atoms with van der Waals surface area (Å²) in [5.74, 6) is 0.829. The predicted molar refractivity (Wildman–Crippen MR) is 139 cm³/mol. The third kappa shape index (κ3) is 4.45. The van der Waals surface area contributed by atoms with Gasteiger partial charge in [0.05, 0.1) is 12.9 Å². The molecule has 0 spiro atoms. The smallest absolute Gasteiger partial charge is 0.246 e. The fourth-order valence-electron chi connectivity index (χ4n) is 4.86. The van der Waals surface area contributed by atoms with E-state index in [0.29, 0.717) is 6.61 Å². The molecule has 0 aliphatic carbocycles. The Bertz CT molecular complexity index is 1360. The average Bonchev–Trinajstić information content (AvgIpc) is 3.06. The summed E-state index contributed by atoms with van der Waals surface area (Å²) in [5.41, 5.74) is 4.76. The van der Waals surface area contributed by atoms with Crippen LogP contribution in [0.5, 0.6) is 5.75 Å². The van der Waals surface area contributed by atoms with Gasteiger partial charge in [0.25, 0.3) is 0 Å². The van der Waals surface area contributed by atoms with Crippen molar-refractivity contribution >= 4 is 33.2 Å². The first-order valence-corrected chi connectivity index (χ1v) is 12.3. The lowest BCUT2D eigenvalue weighted by Crippen LogP contribution is -2.30. The number of carbonyl (C=O) groups is 1. The zero-order valence-corrected chi connectivity index (χ0v) is 20.0. The lowest BCUT2D eigenvalue weighted by Gasteiger charge is -2.19. The maximum absolute atomic E-state index is 13.0. The molecule has 0 unspecified atom stereocenters. The molecule has 1 saturated heterocycles. The van der Waals surface area contributed by atoms with Crippen LogP contribution in [0.25, 0.3) is 38.4 Å². The summed E-state index contributed by atoms with van der Waals surface area (Å²) in [6, 6.07) is 18.9. The van der Waals surface area contributed by atoms with Crippen LogP contribution in [0.1, 0.15) is 45.1 Å². The Kier molecular flexibility index (Phi) is 6.39. The highest BCUT2D eigenvalue weighted by Gasteiger charge is 2.18. The summed E-state index contributed by atoms with van der Waals surface area (Å²) in [5, 5.41) is 3.42. The van der Waals surface area contributed by atoms with Crippen molar-refractivity contribution < 1.29 is 13.9 Å². The Labute approximate surface area is 200 Å². The highest BCUT2D eigenvalue weighted by atomic mass is 16.5. The number of amides is 1. The second-order valence-corrected chi connectivity index (χ2v) is 9.06. The molecular weight excluding hydrogens is 422 g/mol. The van der Waals surface area contributed by atoms with Crippen LogP contribution in [0.15, 0.2) is 71.4 Å².